The summed E-state index contributed by atoms with van der Waals surface area (Å²) >= 11 is 0. The van der Waals surface area contributed by atoms with Gasteiger partial charge in [-0.1, -0.05) is 19.8 Å². The first-order chi connectivity index (χ1) is 8.27. The molecule has 18 heavy (non-hydrogen) atoms. The van der Waals surface area contributed by atoms with Crippen molar-refractivity contribution in [1.29, 1.82) is 0 Å². The van der Waals surface area contributed by atoms with Gasteiger partial charge in [0.1, 0.15) is 0 Å². The summed E-state index contributed by atoms with van der Waals surface area (Å²) in [7, 11) is 2.07. The molecule has 1 aliphatic carbocycles. The minimum absolute atomic E-state index is 0. The average molecular weight is 367 g/mol. The van der Waals surface area contributed by atoms with E-state index in [-0.39, 0.29) is 24.0 Å². The van der Waals surface area contributed by atoms with Gasteiger partial charge in [-0.05, 0) is 18.8 Å². The van der Waals surface area contributed by atoms with Crippen molar-refractivity contribution in [3.63, 3.8) is 0 Å². The second-order valence-corrected chi connectivity index (χ2v) is 5.22. The standard InChI is InChI=1S/C13H25N3O.HI/c1-11-5-3-4-6-12(11)17-10-8-15-13-14-7-9-16(13)2;/h11-12H,3-10H2,1-2H3,(H,14,15);1H. The van der Waals surface area contributed by atoms with Crippen LogP contribution in [-0.4, -0.2) is 50.3 Å². The second-order valence-electron chi connectivity index (χ2n) is 5.22. The van der Waals surface area contributed by atoms with E-state index in [0.717, 1.165) is 38.1 Å². The fourth-order valence-corrected chi connectivity index (χ4v) is 2.63. The number of nitrogens with zero attached hydrogens (tertiary/aromatic N) is 2. The maximum atomic E-state index is 5.95. The number of aliphatic imine (C=N–C) groups is 1. The maximum absolute atomic E-state index is 5.95. The lowest BCUT2D eigenvalue weighted by Crippen LogP contribution is -2.38. The molecule has 106 valence electrons. The van der Waals surface area contributed by atoms with E-state index in [2.05, 4.69) is 29.2 Å². The number of halogens is 1. The van der Waals surface area contributed by atoms with Crippen molar-refractivity contribution >= 4 is 29.9 Å². The van der Waals surface area contributed by atoms with Crippen LogP contribution in [0, 0.1) is 5.92 Å². The molecule has 0 amide bonds. The Morgan fingerprint density at radius 2 is 2.17 bits per heavy atom. The van der Waals surface area contributed by atoms with Crippen molar-refractivity contribution in [2.75, 3.05) is 33.3 Å². The summed E-state index contributed by atoms with van der Waals surface area (Å²) in [6, 6.07) is 0. The van der Waals surface area contributed by atoms with Crippen molar-refractivity contribution in [3.8, 4) is 0 Å². The Bertz CT molecular complexity index is 273. The molecular formula is C13H26IN3O. The van der Waals surface area contributed by atoms with E-state index in [9.17, 15) is 0 Å². The summed E-state index contributed by atoms with van der Waals surface area (Å²) in [5.41, 5.74) is 0. The van der Waals surface area contributed by atoms with E-state index >= 15 is 0 Å². The second kappa shape index (κ2) is 8.19. The number of hydrogen-bond donors (Lipinski definition) is 1. The molecule has 1 heterocycles. The molecule has 0 aromatic carbocycles. The van der Waals surface area contributed by atoms with Gasteiger partial charge in [-0.15, -0.1) is 24.0 Å². The predicted molar refractivity (Wildman–Crippen MR) is 85.7 cm³/mol. The first-order valence-corrected chi connectivity index (χ1v) is 6.88. The zero-order valence-electron chi connectivity index (χ0n) is 11.5. The molecule has 1 N–H and O–H groups in total. The molecule has 1 aliphatic heterocycles. The lowest BCUT2D eigenvalue weighted by Gasteiger charge is -2.28. The smallest absolute Gasteiger partial charge is 0.193 e. The van der Waals surface area contributed by atoms with Gasteiger partial charge < -0.3 is 15.0 Å². The molecule has 0 saturated heterocycles. The Hall–Kier alpha value is -0.0400. The monoisotopic (exact) mass is 367 g/mol. The Labute approximate surface area is 128 Å². The van der Waals surface area contributed by atoms with Crippen molar-refractivity contribution in [3.05, 3.63) is 0 Å². The van der Waals surface area contributed by atoms with Crippen LogP contribution in [0.3, 0.4) is 0 Å². The minimum atomic E-state index is 0. The lowest BCUT2D eigenvalue weighted by atomic mass is 9.88. The zero-order valence-corrected chi connectivity index (χ0v) is 13.9. The molecule has 2 rings (SSSR count). The van der Waals surface area contributed by atoms with E-state index in [0.29, 0.717) is 6.10 Å². The van der Waals surface area contributed by atoms with Gasteiger partial charge in [0.2, 0.25) is 0 Å². The number of ether oxygens (including phenoxy) is 1. The highest BCUT2D eigenvalue weighted by molar-refractivity contribution is 14.0. The van der Waals surface area contributed by atoms with Crippen molar-refractivity contribution in [2.45, 2.75) is 38.7 Å². The van der Waals surface area contributed by atoms with Gasteiger partial charge in [-0.2, -0.15) is 0 Å². The van der Waals surface area contributed by atoms with E-state index in [1.54, 1.807) is 0 Å². The van der Waals surface area contributed by atoms with Crippen LogP contribution in [0.1, 0.15) is 32.6 Å². The van der Waals surface area contributed by atoms with Gasteiger partial charge in [0.25, 0.3) is 0 Å². The number of likely N-dealkylation sites (N-methyl/N-ethyl adjacent to an activating group) is 1. The van der Waals surface area contributed by atoms with Gasteiger partial charge in [0, 0.05) is 20.1 Å². The number of nitrogens with one attached hydrogen (secondary N) is 1. The van der Waals surface area contributed by atoms with Gasteiger partial charge in [0.15, 0.2) is 5.96 Å². The highest BCUT2D eigenvalue weighted by Gasteiger charge is 2.21. The Balaban J connectivity index is 0.00000162. The van der Waals surface area contributed by atoms with E-state index in [1.165, 1.54) is 25.7 Å². The molecule has 2 unspecified atom stereocenters. The lowest BCUT2D eigenvalue weighted by molar-refractivity contribution is -0.00211. The molecule has 0 bridgehead atoms. The topological polar surface area (TPSA) is 36.9 Å². The summed E-state index contributed by atoms with van der Waals surface area (Å²) in [4.78, 5) is 6.55. The molecule has 2 atom stereocenters. The van der Waals surface area contributed by atoms with Crippen LogP contribution < -0.4 is 5.32 Å². The molecule has 0 spiro atoms. The summed E-state index contributed by atoms with van der Waals surface area (Å²) < 4.78 is 5.95. The number of rotatable bonds is 4. The molecule has 4 nitrogen and oxygen atoms in total. The van der Waals surface area contributed by atoms with Crippen LogP contribution in [0.5, 0.6) is 0 Å². The molecule has 0 radical (unpaired) electrons. The normalized spacial score (nSPS) is 27.7. The van der Waals surface area contributed by atoms with Gasteiger partial charge >= 0.3 is 0 Å². The molecule has 2 aliphatic rings. The third kappa shape index (κ3) is 4.57. The number of hydrogen-bond acceptors (Lipinski definition) is 4. The first kappa shape index (κ1) is 16.0. The Morgan fingerprint density at radius 1 is 1.39 bits per heavy atom. The van der Waals surface area contributed by atoms with Gasteiger partial charge in [0.05, 0.1) is 19.3 Å². The van der Waals surface area contributed by atoms with Crippen molar-refractivity contribution in [2.24, 2.45) is 10.9 Å². The van der Waals surface area contributed by atoms with Crippen LogP contribution >= 0.6 is 24.0 Å². The van der Waals surface area contributed by atoms with Crippen LogP contribution in [0.25, 0.3) is 0 Å². The Kier molecular flexibility index (Phi) is 7.29. The van der Waals surface area contributed by atoms with Gasteiger partial charge in [-0.25, -0.2) is 0 Å². The molecule has 1 fully saturated rings. The van der Waals surface area contributed by atoms with E-state index in [1.807, 2.05) is 0 Å². The summed E-state index contributed by atoms with van der Waals surface area (Å²) in [5, 5.41) is 3.34. The third-order valence-electron chi connectivity index (χ3n) is 3.81. The van der Waals surface area contributed by atoms with Crippen LogP contribution in [0.15, 0.2) is 4.99 Å². The van der Waals surface area contributed by atoms with Crippen LogP contribution in [0.2, 0.25) is 0 Å². The maximum Gasteiger partial charge on any atom is 0.193 e. The number of guanidine groups is 1. The van der Waals surface area contributed by atoms with E-state index in [4.69, 9.17) is 4.74 Å². The highest BCUT2D eigenvalue weighted by Crippen LogP contribution is 2.25. The SMILES string of the molecule is CC1CCCCC1OCCNC1=NCCN1C.I. The largest absolute Gasteiger partial charge is 0.376 e. The van der Waals surface area contributed by atoms with Crippen LogP contribution in [0.4, 0.5) is 0 Å². The summed E-state index contributed by atoms with van der Waals surface area (Å²) in [6.45, 7) is 5.92. The minimum Gasteiger partial charge on any atom is -0.376 e. The Morgan fingerprint density at radius 3 is 2.83 bits per heavy atom. The fourth-order valence-electron chi connectivity index (χ4n) is 2.63. The summed E-state index contributed by atoms with van der Waals surface area (Å²) in [6.07, 6.45) is 5.75. The summed E-state index contributed by atoms with van der Waals surface area (Å²) in [5.74, 6) is 1.75. The molecule has 0 aromatic heterocycles. The average Bonchev–Trinajstić information content (AvgIpc) is 2.73. The fraction of sp³-hybridized carbons (Fsp3) is 0.923. The van der Waals surface area contributed by atoms with Gasteiger partial charge in [-0.3, -0.25) is 4.99 Å². The molecular weight excluding hydrogens is 341 g/mol. The molecule has 1 saturated carbocycles. The third-order valence-corrected chi connectivity index (χ3v) is 3.81. The van der Waals surface area contributed by atoms with E-state index < -0.39 is 0 Å². The predicted octanol–water partition coefficient (Wildman–Crippen LogP) is 2.09. The first-order valence-electron chi connectivity index (χ1n) is 6.88. The van der Waals surface area contributed by atoms with Crippen molar-refractivity contribution < 1.29 is 4.74 Å². The van der Waals surface area contributed by atoms with Crippen molar-refractivity contribution in [1.82, 2.24) is 10.2 Å². The molecule has 0 aromatic rings. The quantitative estimate of drug-likeness (QED) is 0.611. The zero-order chi connectivity index (χ0) is 12.1. The highest BCUT2D eigenvalue weighted by atomic mass is 127. The van der Waals surface area contributed by atoms with Crippen LogP contribution in [-0.2, 0) is 4.74 Å². The molecule has 5 heteroatoms.